The summed E-state index contributed by atoms with van der Waals surface area (Å²) in [6.07, 6.45) is 3.28. The summed E-state index contributed by atoms with van der Waals surface area (Å²) >= 11 is 1.39. The molecule has 1 heterocycles. The molecule has 0 saturated heterocycles. The average Bonchev–Trinajstić information content (AvgIpc) is 3.02. The van der Waals surface area contributed by atoms with Gasteiger partial charge in [-0.3, -0.25) is 9.36 Å². The Morgan fingerprint density at radius 1 is 1.17 bits per heavy atom. The third-order valence-corrected chi connectivity index (χ3v) is 3.99. The van der Waals surface area contributed by atoms with Crippen LogP contribution in [-0.4, -0.2) is 21.7 Å². The van der Waals surface area contributed by atoms with Gasteiger partial charge in [-0.05, 0) is 30.5 Å². The van der Waals surface area contributed by atoms with Crippen LogP contribution in [0.25, 0.3) is 5.69 Å². The molecule has 122 valence electrons. The number of hydrogen-bond acceptors (Lipinski definition) is 3. The minimum absolute atomic E-state index is 0.0899. The lowest BCUT2D eigenvalue weighted by Gasteiger charge is -2.11. The van der Waals surface area contributed by atoms with Crippen molar-refractivity contribution >= 4 is 23.4 Å². The Kier molecular flexibility index (Phi) is 4.61. The fourth-order valence-corrected chi connectivity index (χ4v) is 2.79. The van der Waals surface area contributed by atoms with Gasteiger partial charge in [-0.1, -0.05) is 30.0 Å². The summed E-state index contributed by atoms with van der Waals surface area (Å²) < 4.78 is 28.4. The van der Waals surface area contributed by atoms with Crippen LogP contribution in [0, 0.1) is 11.6 Å². The van der Waals surface area contributed by atoms with Crippen molar-refractivity contribution in [3.05, 3.63) is 72.1 Å². The predicted molar refractivity (Wildman–Crippen MR) is 89.7 cm³/mol. The molecule has 0 aliphatic heterocycles. The van der Waals surface area contributed by atoms with Crippen molar-refractivity contribution in [1.82, 2.24) is 9.55 Å². The van der Waals surface area contributed by atoms with Gasteiger partial charge in [0.2, 0.25) is 0 Å². The van der Waals surface area contributed by atoms with Gasteiger partial charge in [0.05, 0.1) is 11.9 Å². The topological polar surface area (TPSA) is 46.9 Å². The number of hydrogen-bond donors (Lipinski definition) is 1. The molecule has 4 nitrogen and oxygen atoms in total. The number of benzene rings is 2. The maximum Gasteiger partial charge on any atom is 0.274 e. The monoisotopic (exact) mass is 345 g/mol. The number of thioether (sulfide) groups is 1. The zero-order valence-electron chi connectivity index (χ0n) is 12.7. The van der Waals surface area contributed by atoms with Gasteiger partial charge in [0.15, 0.2) is 5.16 Å². The summed E-state index contributed by atoms with van der Waals surface area (Å²) in [6, 6.07) is 12.2. The van der Waals surface area contributed by atoms with Crippen molar-refractivity contribution in [2.45, 2.75) is 5.16 Å². The first-order chi connectivity index (χ1) is 11.6. The second kappa shape index (κ2) is 6.84. The number of aromatic nitrogens is 2. The highest BCUT2D eigenvalue weighted by atomic mass is 32.2. The molecule has 3 rings (SSSR count). The van der Waals surface area contributed by atoms with E-state index in [2.05, 4.69) is 10.3 Å². The van der Waals surface area contributed by atoms with Crippen molar-refractivity contribution in [2.75, 3.05) is 11.6 Å². The molecule has 2 aromatic carbocycles. The molecule has 1 aromatic heterocycles. The van der Waals surface area contributed by atoms with Crippen LogP contribution in [0.4, 0.5) is 14.5 Å². The Bertz CT molecular complexity index is 881. The summed E-state index contributed by atoms with van der Waals surface area (Å²) in [5, 5.41) is 3.08. The fraction of sp³-hybridized carbons (Fsp3) is 0.0588. The highest BCUT2D eigenvalue weighted by molar-refractivity contribution is 7.98. The van der Waals surface area contributed by atoms with E-state index < -0.39 is 17.5 Å². The van der Waals surface area contributed by atoms with Crippen LogP contribution in [0.1, 0.15) is 10.5 Å². The van der Waals surface area contributed by atoms with E-state index in [1.165, 1.54) is 24.0 Å². The van der Waals surface area contributed by atoms with Crippen molar-refractivity contribution in [3.8, 4) is 5.69 Å². The SMILES string of the molecule is CSc1ncc(C(=O)Nc2ccc(F)cc2F)n1-c1ccccc1. The number of anilines is 1. The van der Waals surface area contributed by atoms with Gasteiger partial charge < -0.3 is 5.32 Å². The molecule has 24 heavy (non-hydrogen) atoms. The highest BCUT2D eigenvalue weighted by Crippen LogP contribution is 2.23. The van der Waals surface area contributed by atoms with Crippen molar-refractivity contribution in [1.29, 1.82) is 0 Å². The van der Waals surface area contributed by atoms with Crippen LogP contribution in [0.2, 0.25) is 0 Å². The normalized spacial score (nSPS) is 10.6. The Morgan fingerprint density at radius 3 is 2.58 bits per heavy atom. The van der Waals surface area contributed by atoms with Crippen LogP contribution in [0.3, 0.4) is 0 Å². The van der Waals surface area contributed by atoms with E-state index in [4.69, 9.17) is 0 Å². The number of nitrogens with one attached hydrogen (secondary N) is 1. The summed E-state index contributed by atoms with van der Waals surface area (Å²) in [4.78, 5) is 16.8. The Labute approximate surface area is 141 Å². The largest absolute Gasteiger partial charge is 0.318 e. The van der Waals surface area contributed by atoms with Gasteiger partial charge in [0.25, 0.3) is 5.91 Å². The number of halogens is 2. The molecule has 1 amide bonds. The maximum atomic E-state index is 13.7. The Hall–Kier alpha value is -2.67. The molecule has 7 heteroatoms. The molecule has 0 spiro atoms. The number of nitrogens with zero attached hydrogens (tertiary/aromatic N) is 2. The van der Waals surface area contributed by atoms with E-state index in [0.29, 0.717) is 5.16 Å². The molecule has 0 aliphatic carbocycles. The molecule has 1 N–H and O–H groups in total. The van der Waals surface area contributed by atoms with Crippen LogP contribution in [0.15, 0.2) is 59.9 Å². The summed E-state index contributed by atoms with van der Waals surface area (Å²) in [7, 11) is 0. The number of imidazole rings is 1. The zero-order valence-corrected chi connectivity index (χ0v) is 13.5. The van der Waals surface area contributed by atoms with Crippen LogP contribution >= 0.6 is 11.8 Å². The van der Waals surface area contributed by atoms with E-state index in [9.17, 15) is 13.6 Å². The molecule has 3 aromatic rings. The summed E-state index contributed by atoms with van der Waals surface area (Å²) in [6.45, 7) is 0. The van der Waals surface area contributed by atoms with Gasteiger partial charge in [-0.25, -0.2) is 13.8 Å². The average molecular weight is 345 g/mol. The molecule has 0 unspecified atom stereocenters. The lowest BCUT2D eigenvalue weighted by Crippen LogP contribution is -2.17. The van der Waals surface area contributed by atoms with Crippen LogP contribution < -0.4 is 5.32 Å². The van der Waals surface area contributed by atoms with Crippen molar-refractivity contribution in [2.24, 2.45) is 0 Å². The Balaban J connectivity index is 1.97. The Morgan fingerprint density at radius 2 is 1.92 bits per heavy atom. The molecular weight excluding hydrogens is 332 g/mol. The molecule has 0 aliphatic rings. The molecule has 0 fully saturated rings. The zero-order chi connectivity index (χ0) is 17.1. The number of para-hydroxylation sites is 1. The molecule has 0 bridgehead atoms. The third kappa shape index (κ3) is 3.16. The third-order valence-electron chi connectivity index (χ3n) is 3.34. The van der Waals surface area contributed by atoms with E-state index in [-0.39, 0.29) is 11.4 Å². The van der Waals surface area contributed by atoms with E-state index >= 15 is 0 Å². The van der Waals surface area contributed by atoms with Gasteiger partial charge in [-0.15, -0.1) is 0 Å². The van der Waals surface area contributed by atoms with E-state index in [1.54, 1.807) is 4.57 Å². The number of rotatable bonds is 4. The minimum Gasteiger partial charge on any atom is -0.318 e. The van der Waals surface area contributed by atoms with Crippen LogP contribution in [-0.2, 0) is 0 Å². The molecule has 0 atom stereocenters. The quantitative estimate of drug-likeness (QED) is 0.724. The second-order valence-corrected chi connectivity index (χ2v) is 5.65. The van der Waals surface area contributed by atoms with E-state index in [0.717, 1.165) is 17.8 Å². The smallest absolute Gasteiger partial charge is 0.274 e. The molecule has 0 saturated carbocycles. The molecular formula is C17H13F2N3OS. The van der Waals surface area contributed by atoms with Gasteiger partial charge in [0, 0.05) is 11.8 Å². The first-order valence-corrected chi connectivity index (χ1v) is 8.26. The molecule has 0 radical (unpaired) electrons. The van der Waals surface area contributed by atoms with Gasteiger partial charge in [-0.2, -0.15) is 0 Å². The van der Waals surface area contributed by atoms with Gasteiger partial charge in [0.1, 0.15) is 17.3 Å². The van der Waals surface area contributed by atoms with Crippen molar-refractivity contribution < 1.29 is 13.6 Å². The number of carbonyl (C=O) groups is 1. The standard InChI is InChI=1S/C17H13F2N3OS/c1-24-17-20-10-15(22(17)12-5-3-2-4-6-12)16(23)21-14-8-7-11(18)9-13(14)19/h2-10H,1H3,(H,21,23). The van der Waals surface area contributed by atoms with Crippen LogP contribution in [0.5, 0.6) is 0 Å². The fourth-order valence-electron chi connectivity index (χ4n) is 2.24. The predicted octanol–water partition coefficient (Wildman–Crippen LogP) is 4.12. The minimum atomic E-state index is -0.834. The first-order valence-electron chi connectivity index (χ1n) is 7.03. The summed E-state index contributed by atoms with van der Waals surface area (Å²) in [5.41, 5.74) is 0.936. The lowest BCUT2D eigenvalue weighted by atomic mass is 10.2. The summed E-state index contributed by atoms with van der Waals surface area (Å²) in [5.74, 6) is -2.07. The first kappa shape index (κ1) is 16.2. The highest BCUT2D eigenvalue weighted by Gasteiger charge is 2.18. The number of amides is 1. The lowest BCUT2D eigenvalue weighted by molar-refractivity contribution is 0.101. The van der Waals surface area contributed by atoms with E-state index in [1.807, 2.05) is 36.6 Å². The van der Waals surface area contributed by atoms with Crippen molar-refractivity contribution in [3.63, 3.8) is 0 Å². The second-order valence-electron chi connectivity index (χ2n) is 4.88. The van der Waals surface area contributed by atoms with Gasteiger partial charge >= 0.3 is 0 Å². The number of carbonyl (C=O) groups excluding carboxylic acids is 1. The maximum absolute atomic E-state index is 13.7.